The summed E-state index contributed by atoms with van der Waals surface area (Å²) >= 11 is 0. The number of hydrogen-bond acceptors (Lipinski definition) is 4. The maximum atomic E-state index is 12.0. The summed E-state index contributed by atoms with van der Waals surface area (Å²) in [5, 5.41) is 10.4. The number of aromatic amines is 1. The van der Waals surface area contributed by atoms with E-state index in [1.54, 1.807) is 18.5 Å². The van der Waals surface area contributed by atoms with E-state index in [0.717, 1.165) is 30.4 Å². The Morgan fingerprint density at radius 1 is 1.61 bits per heavy atom. The number of pyridine rings is 1. The lowest BCUT2D eigenvalue weighted by Crippen LogP contribution is -2.32. The lowest BCUT2D eigenvalue weighted by atomic mass is 10.2. The van der Waals surface area contributed by atoms with Gasteiger partial charge >= 0.3 is 0 Å². The van der Waals surface area contributed by atoms with Crippen LogP contribution in [0.2, 0.25) is 0 Å². The molecule has 1 atom stereocenters. The van der Waals surface area contributed by atoms with Crippen LogP contribution in [0.5, 0.6) is 0 Å². The average Bonchev–Trinajstić information content (AvgIpc) is 3.05. The van der Waals surface area contributed by atoms with Crippen LogP contribution < -0.4 is 5.32 Å². The highest BCUT2D eigenvalue weighted by Crippen LogP contribution is 2.14. The maximum absolute atomic E-state index is 12.0. The molecule has 6 heteroatoms. The van der Waals surface area contributed by atoms with Crippen molar-refractivity contribution in [2.75, 3.05) is 13.2 Å². The van der Waals surface area contributed by atoms with Crippen LogP contribution in [0.4, 0.5) is 0 Å². The quantitative estimate of drug-likeness (QED) is 0.842. The van der Waals surface area contributed by atoms with Crippen LogP contribution in [0.15, 0.2) is 18.5 Å². The molecule has 0 saturated carbocycles. The molecule has 0 aromatic carbocycles. The van der Waals surface area contributed by atoms with Crippen molar-refractivity contribution in [3.63, 3.8) is 0 Å². The van der Waals surface area contributed by atoms with Gasteiger partial charge in [0.25, 0.3) is 5.91 Å². The van der Waals surface area contributed by atoms with Gasteiger partial charge in [0.15, 0.2) is 5.69 Å². The van der Waals surface area contributed by atoms with Gasteiger partial charge in [-0.15, -0.1) is 0 Å². The highest BCUT2D eigenvalue weighted by molar-refractivity contribution is 6.04. The molecule has 1 unspecified atom stereocenters. The summed E-state index contributed by atoms with van der Waals surface area (Å²) in [6.07, 6.45) is 5.50. The predicted molar refractivity (Wildman–Crippen MR) is 65.2 cm³/mol. The summed E-state index contributed by atoms with van der Waals surface area (Å²) < 4.78 is 5.45. The number of hydrogen-bond donors (Lipinski definition) is 2. The van der Waals surface area contributed by atoms with E-state index in [9.17, 15) is 4.79 Å². The Morgan fingerprint density at radius 3 is 3.39 bits per heavy atom. The van der Waals surface area contributed by atoms with Crippen molar-refractivity contribution >= 4 is 16.8 Å². The maximum Gasteiger partial charge on any atom is 0.272 e. The van der Waals surface area contributed by atoms with Crippen LogP contribution >= 0.6 is 0 Å². The van der Waals surface area contributed by atoms with Gasteiger partial charge in [-0.3, -0.25) is 14.9 Å². The van der Waals surface area contributed by atoms with Crippen LogP contribution in [-0.2, 0) is 4.74 Å². The minimum atomic E-state index is -0.190. The van der Waals surface area contributed by atoms with E-state index in [2.05, 4.69) is 20.5 Å². The molecule has 2 aromatic rings. The van der Waals surface area contributed by atoms with Gasteiger partial charge in [0.2, 0.25) is 0 Å². The molecular formula is C12H14N4O2. The van der Waals surface area contributed by atoms with Gasteiger partial charge in [-0.2, -0.15) is 5.10 Å². The summed E-state index contributed by atoms with van der Waals surface area (Å²) in [4.78, 5) is 16.0. The Balaban J connectivity index is 1.71. The van der Waals surface area contributed by atoms with Gasteiger partial charge in [-0.25, -0.2) is 0 Å². The van der Waals surface area contributed by atoms with Crippen LogP contribution in [0, 0.1) is 0 Å². The highest BCUT2D eigenvalue weighted by atomic mass is 16.5. The summed E-state index contributed by atoms with van der Waals surface area (Å²) in [5.74, 6) is -0.190. The summed E-state index contributed by atoms with van der Waals surface area (Å²) in [6.45, 7) is 1.32. The molecule has 3 rings (SSSR count). The van der Waals surface area contributed by atoms with Gasteiger partial charge in [-0.1, -0.05) is 0 Å². The fraction of sp³-hybridized carbons (Fsp3) is 0.417. The Kier molecular flexibility index (Phi) is 2.93. The molecule has 0 radical (unpaired) electrons. The molecule has 94 valence electrons. The van der Waals surface area contributed by atoms with Crippen molar-refractivity contribution < 1.29 is 9.53 Å². The largest absolute Gasteiger partial charge is 0.376 e. The van der Waals surface area contributed by atoms with E-state index in [1.165, 1.54) is 0 Å². The molecular weight excluding hydrogens is 232 g/mol. The number of rotatable bonds is 3. The van der Waals surface area contributed by atoms with E-state index in [1.807, 2.05) is 0 Å². The number of nitrogens with one attached hydrogen (secondary N) is 2. The Morgan fingerprint density at radius 2 is 2.56 bits per heavy atom. The number of ether oxygens (including phenoxy) is 1. The molecule has 1 saturated heterocycles. The zero-order valence-corrected chi connectivity index (χ0v) is 9.85. The van der Waals surface area contributed by atoms with E-state index in [4.69, 9.17) is 4.74 Å². The average molecular weight is 246 g/mol. The van der Waals surface area contributed by atoms with Crippen LogP contribution in [-0.4, -0.2) is 40.3 Å². The van der Waals surface area contributed by atoms with Gasteiger partial charge in [0, 0.05) is 25.5 Å². The molecule has 1 aliphatic heterocycles. The first-order chi connectivity index (χ1) is 8.84. The molecule has 6 nitrogen and oxygen atoms in total. The van der Waals surface area contributed by atoms with Crippen molar-refractivity contribution in [3.8, 4) is 0 Å². The number of H-pyrrole nitrogens is 1. The SMILES string of the molecule is O=C(NCC1CCCO1)c1n[nH]c2ccncc12. The molecule has 0 aliphatic carbocycles. The predicted octanol–water partition coefficient (Wildman–Crippen LogP) is 0.867. The molecule has 1 fully saturated rings. The van der Waals surface area contributed by atoms with Crippen molar-refractivity contribution in [2.24, 2.45) is 0 Å². The fourth-order valence-corrected chi connectivity index (χ4v) is 2.13. The zero-order valence-electron chi connectivity index (χ0n) is 9.85. The molecule has 2 aromatic heterocycles. The summed E-state index contributed by atoms with van der Waals surface area (Å²) in [7, 11) is 0. The molecule has 1 amide bonds. The van der Waals surface area contributed by atoms with Gasteiger partial charge in [0.05, 0.1) is 17.0 Å². The van der Waals surface area contributed by atoms with Gasteiger partial charge in [-0.05, 0) is 18.9 Å². The Hall–Kier alpha value is -1.95. The second-order valence-corrected chi connectivity index (χ2v) is 4.34. The fourth-order valence-electron chi connectivity index (χ4n) is 2.13. The first kappa shape index (κ1) is 11.2. The molecule has 0 spiro atoms. The molecule has 3 heterocycles. The Bertz CT molecular complexity index is 560. The normalized spacial score (nSPS) is 19.2. The zero-order chi connectivity index (χ0) is 12.4. The number of aromatic nitrogens is 3. The first-order valence-electron chi connectivity index (χ1n) is 6.02. The highest BCUT2D eigenvalue weighted by Gasteiger charge is 2.18. The molecule has 1 aliphatic rings. The van der Waals surface area contributed by atoms with Crippen molar-refractivity contribution in [3.05, 3.63) is 24.2 Å². The molecule has 18 heavy (non-hydrogen) atoms. The van der Waals surface area contributed by atoms with E-state index in [-0.39, 0.29) is 12.0 Å². The number of amides is 1. The van der Waals surface area contributed by atoms with Gasteiger partial charge in [0.1, 0.15) is 0 Å². The third-order valence-corrected chi connectivity index (χ3v) is 3.09. The van der Waals surface area contributed by atoms with E-state index in [0.29, 0.717) is 12.2 Å². The lowest BCUT2D eigenvalue weighted by molar-refractivity contribution is 0.0855. The number of nitrogens with zero attached hydrogens (tertiary/aromatic N) is 2. The lowest BCUT2D eigenvalue weighted by Gasteiger charge is -2.09. The molecule has 0 bridgehead atoms. The number of carbonyl (C=O) groups excluding carboxylic acids is 1. The number of fused-ring (bicyclic) bond motifs is 1. The van der Waals surface area contributed by atoms with Crippen LogP contribution in [0.25, 0.3) is 10.9 Å². The summed E-state index contributed by atoms with van der Waals surface area (Å²) in [6, 6.07) is 1.79. The standard InChI is InChI=1S/C12H14N4O2/c17-12(14-6-8-2-1-5-18-8)11-9-7-13-4-3-10(9)15-16-11/h3-4,7-8H,1-2,5-6H2,(H,14,17)(H,15,16). The topological polar surface area (TPSA) is 79.9 Å². The number of carbonyl (C=O) groups is 1. The van der Waals surface area contributed by atoms with Crippen molar-refractivity contribution in [2.45, 2.75) is 18.9 Å². The monoisotopic (exact) mass is 246 g/mol. The van der Waals surface area contributed by atoms with Crippen LogP contribution in [0.3, 0.4) is 0 Å². The first-order valence-corrected chi connectivity index (χ1v) is 6.02. The van der Waals surface area contributed by atoms with E-state index < -0.39 is 0 Å². The van der Waals surface area contributed by atoms with Crippen molar-refractivity contribution in [1.29, 1.82) is 0 Å². The van der Waals surface area contributed by atoms with Crippen LogP contribution in [0.1, 0.15) is 23.3 Å². The smallest absolute Gasteiger partial charge is 0.272 e. The second kappa shape index (κ2) is 4.73. The minimum Gasteiger partial charge on any atom is -0.376 e. The third kappa shape index (κ3) is 2.06. The minimum absolute atomic E-state index is 0.136. The third-order valence-electron chi connectivity index (χ3n) is 3.09. The van der Waals surface area contributed by atoms with Gasteiger partial charge < -0.3 is 10.1 Å². The second-order valence-electron chi connectivity index (χ2n) is 4.34. The summed E-state index contributed by atoms with van der Waals surface area (Å²) in [5.41, 5.74) is 1.20. The van der Waals surface area contributed by atoms with Crippen molar-refractivity contribution in [1.82, 2.24) is 20.5 Å². The van der Waals surface area contributed by atoms with E-state index >= 15 is 0 Å². The Labute approximate surface area is 104 Å². The molecule has 2 N–H and O–H groups in total.